The predicted molar refractivity (Wildman–Crippen MR) is 196 cm³/mol. The van der Waals surface area contributed by atoms with Crippen LogP contribution >= 0.6 is 0 Å². The van der Waals surface area contributed by atoms with E-state index >= 15 is 0 Å². The number of nitrogens with zero attached hydrogens (tertiary/aromatic N) is 3. The van der Waals surface area contributed by atoms with Crippen LogP contribution in [0.3, 0.4) is 0 Å². The molecule has 11 heteroatoms. The van der Waals surface area contributed by atoms with Crippen LogP contribution < -0.4 is 31.0 Å². The zero-order valence-electron chi connectivity index (χ0n) is 30.2. The van der Waals surface area contributed by atoms with Gasteiger partial charge >= 0.3 is 35.0 Å². The molecule has 5 heterocycles. The van der Waals surface area contributed by atoms with E-state index in [4.69, 9.17) is 24.4 Å². The number of ketones is 1. The number of ether oxygens (including phenoxy) is 2. The SMILES string of the molecule is C=Cc1c2[n-]c(c1C)/C=C1/N/C(=C3\c4[n-]c(c(C)c4C(=O)[C@@H]3C(=O)OC)/C=c3/[n-]/c(c(C=O)c3CC)=C\2)[C@@H](CCC(=O)OCC=C(C)C)[C@@H]1C.[Mg+2]. The van der Waals surface area contributed by atoms with Crippen molar-refractivity contribution in [1.29, 1.82) is 0 Å². The molecule has 6 rings (SSSR count). The molecule has 3 aromatic heterocycles. The normalized spacial score (nSPS) is 22.3. The van der Waals surface area contributed by atoms with E-state index in [-0.39, 0.29) is 53.9 Å². The summed E-state index contributed by atoms with van der Waals surface area (Å²) in [6.07, 6.45) is 11.0. The predicted octanol–water partition coefficient (Wildman–Crippen LogP) is 3.67. The minimum absolute atomic E-state index is 0. The Balaban J connectivity index is 0.00000504. The van der Waals surface area contributed by atoms with Gasteiger partial charge in [-0.15, -0.1) is 33.5 Å². The van der Waals surface area contributed by atoms with Gasteiger partial charge in [-0.25, -0.2) is 0 Å². The molecule has 51 heavy (non-hydrogen) atoms. The fourth-order valence-electron chi connectivity index (χ4n) is 7.35. The molecule has 3 aromatic rings. The van der Waals surface area contributed by atoms with Crippen molar-refractivity contribution in [3.05, 3.63) is 96.5 Å². The first-order chi connectivity index (χ1) is 23.9. The van der Waals surface area contributed by atoms with Crippen molar-refractivity contribution in [1.82, 2.24) is 20.3 Å². The molecule has 1 aliphatic carbocycles. The van der Waals surface area contributed by atoms with Gasteiger partial charge in [0.2, 0.25) is 0 Å². The van der Waals surface area contributed by atoms with Crippen LogP contribution in [-0.4, -0.2) is 60.8 Å². The van der Waals surface area contributed by atoms with E-state index in [1.807, 2.05) is 52.8 Å². The van der Waals surface area contributed by atoms with Crippen molar-refractivity contribution >= 4 is 76.9 Å². The Morgan fingerprint density at radius 1 is 1.00 bits per heavy atom. The van der Waals surface area contributed by atoms with E-state index in [1.54, 1.807) is 19.1 Å². The number of esters is 2. The number of carbonyl (C=O) groups is 4. The number of carbonyl (C=O) groups excluding carboxylic acids is 4. The van der Waals surface area contributed by atoms with Crippen LogP contribution in [0.25, 0.3) is 29.9 Å². The minimum atomic E-state index is -1.23. The number of hydrogen-bond donors (Lipinski definition) is 1. The molecule has 8 bridgehead atoms. The van der Waals surface area contributed by atoms with Gasteiger partial charge in [-0.1, -0.05) is 67.0 Å². The molecular formula is C40H41MgN4O6-. The Kier molecular flexibility index (Phi) is 11.0. The van der Waals surface area contributed by atoms with E-state index in [0.717, 1.165) is 34.2 Å². The number of fused-ring (bicyclic) bond motifs is 7. The van der Waals surface area contributed by atoms with Gasteiger partial charge < -0.3 is 29.7 Å². The first kappa shape index (κ1) is 37.6. The zero-order valence-corrected chi connectivity index (χ0v) is 31.6. The monoisotopic (exact) mass is 697 g/mol. The number of nitrogens with one attached hydrogen (secondary N) is 1. The van der Waals surface area contributed by atoms with Gasteiger partial charge in [0.1, 0.15) is 18.8 Å². The molecule has 0 radical (unpaired) electrons. The number of hydrogen-bond acceptors (Lipinski definition) is 7. The fourth-order valence-corrected chi connectivity index (χ4v) is 7.35. The maximum atomic E-state index is 14.2. The molecule has 0 saturated carbocycles. The molecule has 1 fully saturated rings. The largest absolute Gasteiger partial charge is 2.00 e. The summed E-state index contributed by atoms with van der Waals surface area (Å²) in [6, 6.07) is 0. The number of aromatic nitrogens is 3. The van der Waals surface area contributed by atoms with Gasteiger partial charge in [0.15, 0.2) is 5.78 Å². The number of aldehydes is 1. The van der Waals surface area contributed by atoms with Gasteiger partial charge in [-0.2, -0.15) is 0 Å². The van der Waals surface area contributed by atoms with E-state index < -0.39 is 17.7 Å². The van der Waals surface area contributed by atoms with Gasteiger partial charge in [-0.3, -0.25) is 19.2 Å². The number of Topliss-reactive ketones (excluding diaryl/α,β-unsaturated/α-hetero) is 1. The second-order valence-corrected chi connectivity index (χ2v) is 13.3. The first-order valence-electron chi connectivity index (χ1n) is 16.9. The molecule has 1 N–H and O–H groups in total. The third kappa shape index (κ3) is 6.53. The average Bonchev–Trinajstić information content (AvgIpc) is 3.83. The van der Waals surface area contributed by atoms with Crippen LogP contribution in [0.15, 0.2) is 29.6 Å². The number of rotatable bonds is 9. The molecule has 260 valence electrons. The zero-order chi connectivity index (χ0) is 36.0. The third-order valence-electron chi connectivity index (χ3n) is 10.1. The fraction of sp³-hybridized carbons (Fsp3) is 0.350. The smallest absolute Gasteiger partial charge is 0.657 e. The molecule has 1 saturated heterocycles. The van der Waals surface area contributed by atoms with Crippen LogP contribution in [0.2, 0.25) is 0 Å². The quantitative estimate of drug-likeness (QED) is 0.116. The summed E-state index contributed by atoms with van der Waals surface area (Å²) in [5, 5.41) is 4.63. The van der Waals surface area contributed by atoms with Crippen LogP contribution in [0.5, 0.6) is 0 Å². The Morgan fingerprint density at radius 3 is 2.35 bits per heavy atom. The molecule has 3 atom stereocenters. The van der Waals surface area contributed by atoms with Crippen molar-refractivity contribution in [2.24, 2.45) is 17.8 Å². The summed E-state index contributed by atoms with van der Waals surface area (Å²) in [7, 11) is 1.26. The maximum Gasteiger partial charge on any atom is 2.00 e. The standard InChI is InChI=1S/C40H42N4O6.Mg/c1-9-23-20(5)27-15-28-21(6)25(11-12-33(46)50-14-13-19(3)4)37(43-28)35-36(40(48)49-8)39(47)34-22(7)29(44-38(34)35)16-31-24(10-2)26(18-45)32(42-31)17-30(23)41-27;/h9,13,15-18,21,25,36H,1,10-12,14H2,2-8H3,(H2,43,44,45,47);/q-2;+2/p-1/b28-15+,32-17-;/t21-,25-,36+;/m0./s1. The van der Waals surface area contributed by atoms with Gasteiger partial charge in [-0.05, 0) is 57.7 Å². The van der Waals surface area contributed by atoms with Crippen molar-refractivity contribution < 1.29 is 28.7 Å². The molecule has 10 nitrogen and oxygen atoms in total. The summed E-state index contributed by atoms with van der Waals surface area (Å²) in [5.41, 5.74) is 9.08. The Bertz CT molecular complexity index is 2190. The molecule has 0 spiro atoms. The molecule has 0 aromatic carbocycles. The van der Waals surface area contributed by atoms with Crippen LogP contribution in [0, 0.1) is 31.6 Å². The minimum Gasteiger partial charge on any atom is -0.657 e. The molecule has 0 unspecified atom stereocenters. The van der Waals surface area contributed by atoms with Gasteiger partial charge in [0, 0.05) is 40.8 Å². The van der Waals surface area contributed by atoms with Gasteiger partial charge in [0.25, 0.3) is 0 Å². The summed E-state index contributed by atoms with van der Waals surface area (Å²) in [4.78, 5) is 67.7. The average molecular weight is 698 g/mol. The van der Waals surface area contributed by atoms with Crippen molar-refractivity contribution in [2.75, 3.05) is 13.7 Å². The van der Waals surface area contributed by atoms with Crippen LogP contribution in [0.1, 0.15) is 106 Å². The summed E-state index contributed by atoms with van der Waals surface area (Å²) in [6.45, 7) is 15.9. The van der Waals surface area contributed by atoms with E-state index in [9.17, 15) is 19.2 Å². The molecule has 2 aliphatic heterocycles. The maximum absolute atomic E-state index is 14.2. The summed E-state index contributed by atoms with van der Waals surface area (Å²) >= 11 is 0. The van der Waals surface area contributed by atoms with Crippen LogP contribution in [0.4, 0.5) is 0 Å². The summed E-state index contributed by atoms with van der Waals surface area (Å²) in [5.74, 6) is -3.10. The third-order valence-corrected chi connectivity index (χ3v) is 10.1. The topological polar surface area (TPSA) is 141 Å². The van der Waals surface area contributed by atoms with Crippen molar-refractivity contribution in [2.45, 2.75) is 60.8 Å². The Hall–Kier alpha value is -4.61. The molecular weight excluding hydrogens is 657 g/mol. The second kappa shape index (κ2) is 14.9. The number of allylic oxidation sites excluding steroid dienone is 3. The second-order valence-electron chi connectivity index (χ2n) is 13.3. The van der Waals surface area contributed by atoms with Gasteiger partial charge in [0.05, 0.1) is 7.11 Å². The van der Waals surface area contributed by atoms with Crippen molar-refractivity contribution in [3.63, 3.8) is 0 Å². The number of methoxy groups -OCH3 is 1. The summed E-state index contributed by atoms with van der Waals surface area (Å²) < 4.78 is 10.7. The van der Waals surface area contributed by atoms with Crippen molar-refractivity contribution in [3.8, 4) is 0 Å². The van der Waals surface area contributed by atoms with E-state index in [1.165, 1.54) is 7.11 Å². The Labute approximate surface area is 313 Å². The first-order valence-corrected chi connectivity index (χ1v) is 16.9. The van der Waals surface area contributed by atoms with E-state index in [2.05, 4.69) is 11.9 Å². The van der Waals surface area contributed by atoms with E-state index in [0.29, 0.717) is 74.3 Å². The molecule has 0 amide bonds. The Morgan fingerprint density at radius 2 is 1.71 bits per heavy atom. The molecule has 3 aliphatic rings. The van der Waals surface area contributed by atoms with Crippen LogP contribution in [-0.2, 0) is 25.5 Å².